The van der Waals surface area contributed by atoms with Crippen LogP contribution in [-0.2, 0) is 30.3 Å². The van der Waals surface area contributed by atoms with Crippen LogP contribution in [0.4, 0.5) is 5.82 Å². The molecule has 334 valence electrons. The summed E-state index contributed by atoms with van der Waals surface area (Å²) in [5.41, 5.74) is 12.9. The average Bonchev–Trinajstić information content (AvgIpc) is 3.77. The van der Waals surface area contributed by atoms with Crippen molar-refractivity contribution in [2.45, 2.75) is 225 Å². The first-order valence-corrected chi connectivity index (χ1v) is 23.8. The molecule has 1 amide bonds. The van der Waals surface area contributed by atoms with Gasteiger partial charge in [-0.2, -0.15) is 0 Å². The first-order valence-electron chi connectivity index (χ1n) is 23.8. The number of imidazole rings is 1. The third-order valence-corrected chi connectivity index (χ3v) is 11.6. The Hall–Kier alpha value is -3.44. The molecule has 3 rings (SSSR count). The van der Waals surface area contributed by atoms with Crippen LogP contribution in [0.25, 0.3) is 0 Å². The number of nitrogens with one attached hydrogen (secondary N) is 1. The van der Waals surface area contributed by atoms with Gasteiger partial charge in [-0.1, -0.05) is 198 Å². The largest absolute Gasteiger partial charge is 0.455 e. The molecule has 2 heterocycles. The Labute approximate surface area is 356 Å². The lowest BCUT2D eigenvalue weighted by molar-refractivity contribution is -0.168. The van der Waals surface area contributed by atoms with E-state index in [1.807, 2.05) is 30.3 Å². The summed E-state index contributed by atoms with van der Waals surface area (Å²) in [5.74, 6) is -1.53. The van der Waals surface area contributed by atoms with E-state index in [-0.39, 0.29) is 30.3 Å². The number of nitrogen functional groups attached to an aromatic ring is 1. The molecular formula is C48H81N5O6. The van der Waals surface area contributed by atoms with Crippen LogP contribution in [0.3, 0.4) is 0 Å². The normalized spacial score (nSPS) is 17.7. The van der Waals surface area contributed by atoms with Gasteiger partial charge in [-0.05, 0) is 18.4 Å². The van der Waals surface area contributed by atoms with Gasteiger partial charge >= 0.3 is 11.9 Å². The summed E-state index contributed by atoms with van der Waals surface area (Å²) in [7, 11) is 0. The molecule has 59 heavy (non-hydrogen) atoms. The number of carbonyl (C=O) groups is 3. The monoisotopic (exact) mass is 824 g/mol. The number of esters is 2. The van der Waals surface area contributed by atoms with Gasteiger partial charge in [0, 0.05) is 25.9 Å². The number of primary amides is 1. The molecule has 5 N–H and O–H groups in total. The van der Waals surface area contributed by atoms with Gasteiger partial charge in [0.15, 0.2) is 24.1 Å². The molecule has 2 aromatic rings. The Morgan fingerprint density at radius 2 is 1.07 bits per heavy atom. The van der Waals surface area contributed by atoms with E-state index < -0.39 is 36.4 Å². The van der Waals surface area contributed by atoms with Crippen molar-refractivity contribution < 1.29 is 28.6 Å². The highest BCUT2D eigenvalue weighted by molar-refractivity contribution is 5.95. The van der Waals surface area contributed by atoms with Crippen LogP contribution in [0.2, 0.25) is 0 Å². The summed E-state index contributed by atoms with van der Waals surface area (Å²) in [4.78, 5) is 43.1. The second kappa shape index (κ2) is 31.4. The Kier molecular flexibility index (Phi) is 26.6. The van der Waals surface area contributed by atoms with Crippen molar-refractivity contribution in [1.82, 2.24) is 14.9 Å². The standard InChI is InChI=1S/C48H81N5O6/c1-3-5-7-9-11-13-15-17-19-21-23-25-30-34-41(54)58-44-40(37-51-36-39-32-28-27-29-33-39)57-48(53-38-52-43(46(53)49)47(50)56)45(44)59-42(55)35-31-26-24-22-20-18-16-14-12-10-8-6-4-2/h27-29,32-33,38,40,44-45,48,51H,3-26,30-31,34-37,49H2,1-2H3,(H2,50,56)/t40-,44-,45-,48-/m1/s1. The molecule has 1 aliphatic heterocycles. The summed E-state index contributed by atoms with van der Waals surface area (Å²) in [6, 6.07) is 9.97. The van der Waals surface area contributed by atoms with Crippen molar-refractivity contribution in [3.05, 3.63) is 47.9 Å². The van der Waals surface area contributed by atoms with E-state index >= 15 is 0 Å². The maximum atomic E-state index is 13.5. The Balaban J connectivity index is 1.55. The third-order valence-electron chi connectivity index (χ3n) is 11.6. The van der Waals surface area contributed by atoms with Crippen molar-refractivity contribution >= 4 is 23.7 Å². The zero-order chi connectivity index (χ0) is 42.3. The van der Waals surface area contributed by atoms with Gasteiger partial charge in [-0.3, -0.25) is 19.0 Å². The van der Waals surface area contributed by atoms with E-state index in [2.05, 4.69) is 24.1 Å². The molecular weight excluding hydrogens is 743 g/mol. The van der Waals surface area contributed by atoms with Crippen molar-refractivity contribution in [2.24, 2.45) is 5.73 Å². The maximum absolute atomic E-state index is 13.5. The Morgan fingerprint density at radius 1 is 0.644 bits per heavy atom. The molecule has 1 saturated heterocycles. The molecule has 0 saturated carbocycles. The van der Waals surface area contributed by atoms with E-state index in [4.69, 9.17) is 25.7 Å². The van der Waals surface area contributed by atoms with Gasteiger partial charge in [0.25, 0.3) is 5.91 Å². The van der Waals surface area contributed by atoms with Crippen LogP contribution in [0.5, 0.6) is 0 Å². The summed E-state index contributed by atoms with van der Waals surface area (Å²) < 4.78 is 20.3. The number of nitrogens with two attached hydrogens (primary N) is 2. The second-order valence-electron chi connectivity index (χ2n) is 16.8. The van der Waals surface area contributed by atoms with Crippen LogP contribution >= 0.6 is 0 Å². The van der Waals surface area contributed by atoms with Crippen LogP contribution < -0.4 is 16.8 Å². The number of unbranched alkanes of at least 4 members (excludes halogenated alkanes) is 24. The molecule has 0 bridgehead atoms. The molecule has 1 aliphatic rings. The highest BCUT2D eigenvalue weighted by Gasteiger charge is 2.51. The van der Waals surface area contributed by atoms with Crippen molar-refractivity contribution in [3.8, 4) is 0 Å². The van der Waals surface area contributed by atoms with Gasteiger partial charge in [-0.15, -0.1) is 0 Å². The van der Waals surface area contributed by atoms with Gasteiger partial charge < -0.3 is 31.0 Å². The fourth-order valence-electron chi connectivity index (χ4n) is 8.08. The van der Waals surface area contributed by atoms with Crippen molar-refractivity contribution in [3.63, 3.8) is 0 Å². The summed E-state index contributed by atoms with van der Waals surface area (Å²) in [6.45, 7) is 5.38. The number of aromatic nitrogens is 2. The number of nitrogens with zero attached hydrogens (tertiary/aromatic N) is 2. The number of rotatable bonds is 36. The highest BCUT2D eigenvalue weighted by atomic mass is 16.6. The molecule has 0 radical (unpaired) electrons. The van der Waals surface area contributed by atoms with Crippen LogP contribution in [0.1, 0.15) is 216 Å². The quantitative estimate of drug-likeness (QED) is 0.0449. The highest BCUT2D eigenvalue weighted by Crippen LogP contribution is 2.36. The average molecular weight is 824 g/mol. The number of carbonyl (C=O) groups excluding carboxylic acids is 3. The van der Waals surface area contributed by atoms with E-state index in [9.17, 15) is 14.4 Å². The third kappa shape index (κ3) is 20.6. The SMILES string of the molecule is CCCCCCCCCCCCCCCC(=O)O[C@@H]1[C@H](OC(=O)CCCCCCCCCCCCCCC)[C@@H](CNCc2ccccc2)O[C@H]1n1cnc(C(N)=O)c1N. The zero-order valence-electron chi connectivity index (χ0n) is 37.0. The minimum Gasteiger partial charge on any atom is -0.455 e. The summed E-state index contributed by atoms with van der Waals surface area (Å²) in [5, 5.41) is 3.42. The minimum atomic E-state index is -1.01. The number of hydrogen-bond donors (Lipinski definition) is 3. The van der Waals surface area contributed by atoms with Gasteiger partial charge in [0.1, 0.15) is 11.9 Å². The molecule has 0 aliphatic carbocycles. The predicted octanol–water partition coefficient (Wildman–Crippen LogP) is 11.0. The van der Waals surface area contributed by atoms with E-state index in [0.717, 1.165) is 37.7 Å². The van der Waals surface area contributed by atoms with E-state index in [1.54, 1.807) is 0 Å². The lowest BCUT2D eigenvalue weighted by atomic mass is 10.0. The van der Waals surface area contributed by atoms with Crippen molar-refractivity contribution in [2.75, 3.05) is 12.3 Å². The number of anilines is 1. The first-order chi connectivity index (χ1) is 28.8. The molecule has 4 atom stereocenters. The maximum Gasteiger partial charge on any atom is 0.306 e. The lowest BCUT2D eigenvalue weighted by Crippen LogP contribution is -2.43. The summed E-state index contributed by atoms with van der Waals surface area (Å²) >= 11 is 0. The number of hydrogen-bond acceptors (Lipinski definition) is 9. The van der Waals surface area contributed by atoms with Crippen LogP contribution in [-0.4, -0.2) is 52.3 Å². The number of ether oxygens (including phenoxy) is 3. The second-order valence-corrected chi connectivity index (χ2v) is 16.8. The Morgan fingerprint density at radius 3 is 1.49 bits per heavy atom. The lowest BCUT2D eigenvalue weighted by Gasteiger charge is -2.25. The van der Waals surface area contributed by atoms with Gasteiger partial charge in [0.2, 0.25) is 0 Å². The molecule has 11 heteroatoms. The van der Waals surface area contributed by atoms with E-state index in [0.29, 0.717) is 19.5 Å². The first kappa shape index (κ1) is 49.9. The molecule has 1 aromatic carbocycles. The minimum absolute atomic E-state index is 0.00464. The number of amides is 1. The predicted molar refractivity (Wildman–Crippen MR) is 238 cm³/mol. The zero-order valence-corrected chi connectivity index (χ0v) is 37.0. The molecule has 0 unspecified atom stereocenters. The summed E-state index contributed by atoms with van der Waals surface area (Å²) in [6.07, 6.45) is 29.8. The number of benzene rings is 1. The molecule has 11 nitrogen and oxygen atoms in total. The van der Waals surface area contributed by atoms with Crippen LogP contribution in [0.15, 0.2) is 36.7 Å². The smallest absolute Gasteiger partial charge is 0.306 e. The van der Waals surface area contributed by atoms with Gasteiger partial charge in [0.05, 0.1) is 6.33 Å². The Bertz CT molecular complexity index is 1400. The fraction of sp³-hybridized carbons (Fsp3) is 0.750. The van der Waals surface area contributed by atoms with Gasteiger partial charge in [-0.25, -0.2) is 4.98 Å². The van der Waals surface area contributed by atoms with Crippen molar-refractivity contribution in [1.29, 1.82) is 0 Å². The van der Waals surface area contributed by atoms with Crippen LogP contribution in [0, 0.1) is 0 Å². The molecule has 1 aromatic heterocycles. The molecule has 1 fully saturated rings. The van der Waals surface area contributed by atoms with E-state index in [1.165, 1.54) is 139 Å². The molecule has 0 spiro atoms. The topological polar surface area (TPSA) is 161 Å². The fourth-order valence-corrected chi connectivity index (χ4v) is 8.08.